The standard InChI is InChI=1S/C10H12N2OS2/c1-3-4-15(13)10-12-9-8(14-10)5-7(2)6-11-9/h5-6H,3-4H2,1-2H3. The van der Waals surface area contributed by atoms with Crippen molar-refractivity contribution in [2.45, 2.75) is 24.6 Å². The molecular weight excluding hydrogens is 228 g/mol. The van der Waals surface area contributed by atoms with Gasteiger partial charge < -0.3 is 0 Å². The van der Waals surface area contributed by atoms with Crippen LogP contribution in [0.3, 0.4) is 0 Å². The van der Waals surface area contributed by atoms with Crippen LogP contribution in [0.1, 0.15) is 18.9 Å². The molecule has 2 aromatic heterocycles. The van der Waals surface area contributed by atoms with Crippen LogP contribution in [0.4, 0.5) is 0 Å². The third-order valence-electron chi connectivity index (χ3n) is 1.95. The van der Waals surface area contributed by atoms with Gasteiger partial charge in [0.15, 0.2) is 9.99 Å². The smallest absolute Gasteiger partial charge is 0.183 e. The van der Waals surface area contributed by atoms with Crippen molar-refractivity contribution in [2.75, 3.05) is 5.75 Å². The summed E-state index contributed by atoms with van der Waals surface area (Å²) < 4.78 is 13.5. The lowest BCUT2D eigenvalue weighted by Crippen LogP contribution is -1.95. The SMILES string of the molecule is CCCS(=O)c1nc2ncc(C)cc2s1. The molecule has 0 aliphatic heterocycles. The number of nitrogens with zero attached hydrogens (tertiary/aromatic N) is 2. The van der Waals surface area contributed by atoms with Gasteiger partial charge in [0.1, 0.15) is 0 Å². The first-order valence-corrected chi connectivity index (χ1v) is 6.96. The lowest BCUT2D eigenvalue weighted by atomic mass is 10.3. The Morgan fingerprint density at radius 3 is 3.07 bits per heavy atom. The molecule has 0 bridgehead atoms. The van der Waals surface area contributed by atoms with Crippen molar-refractivity contribution in [3.63, 3.8) is 0 Å². The fourth-order valence-electron chi connectivity index (χ4n) is 1.27. The fraction of sp³-hybridized carbons (Fsp3) is 0.400. The molecule has 0 radical (unpaired) electrons. The van der Waals surface area contributed by atoms with Gasteiger partial charge in [-0.05, 0) is 25.0 Å². The predicted octanol–water partition coefficient (Wildman–Crippen LogP) is 2.52. The summed E-state index contributed by atoms with van der Waals surface area (Å²) in [7, 11) is -0.955. The summed E-state index contributed by atoms with van der Waals surface area (Å²) in [6, 6.07) is 2.03. The average Bonchev–Trinajstić information content (AvgIpc) is 2.60. The number of aryl methyl sites for hydroxylation is 1. The van der Waals surface area contributed by atoms with Crippen molar-refractivity contribution < 1.29 is 4.21 Å². The van der Waals surface area contributed by atoms with E-state index in [1.807, 2.05) is 19.9 Å². The molecule has 2 aromatic rings. The molecule has 80 valence electrons. The Labute approximate surface area is 95.0 Å². The minimum Gasteiger partial charge on any atom is -0.252 e. The molecular formula is C10H12N2OS2. The summed E-state index contributed by atoms with van der Waals surface area (Å²) in [4.78, 5) is 8.49. The summed E-state index contributed by atoms with van der Waals surface area (Å²) in [5.74, 6) is 0.679. The molecule has 0 N–H and O–H groups in total. The van der Waals surface area contributed by atoms with Crippen LogP contribution >= 0.6 is 11.3 Å². The van der Waals surface area contributed by atoms with E-state index in [9.17, 15) is 4.21 Å². The maximum atomic E-state index is 11.7. The molecule has 0 spiro atoms. The highest BCUT2D eigenvalue weighted by Gasteiger charge is 2.10. The van der Waals surface area contributed by atoms with Crippen LogP contribution in [0.5, 0.6) is 0 Å². The van der Waals surface area contributed by atoms with E-state index in [2.05, 4.69) is 9.97 Å². The molecule has 0 aromatic carbocycles. The molecule has 0 aliphatic carbocycles. The summed E-state index contributed by atoms with van der Waals surface area (Å²) in [6.07, 6.45) is 2.70. The third-order valence-corrected chi connectivity index (χ3v) is 4.80. The Morgan fingerprint density at radius 1 is 1.53 bits per heavy atom. The number of thiazole rings is 1. The van der Waals surface area contributed by atoms with Crippen LogP contribution in [0.25, 0.3) is 10.3 Å². The molecule has 2 heterocycles. The lowest BCUT2D eigenvalue weighted by molar-refractivity contribution is 0.681. The van der Waals surface area contributed by atoms with E-state index in [0.717, 1.165) is 16.7 Å². The molecule has 3 nitrogen and oxygen atoms in total. The predicted molar refractivity (Wildman–Crippen MR) is 63.7 cm³/mol. The zero-order valence-corrected chi connectivity index (χ0v) is 10.3. The quantitative estimate of drug-likeness (QED) is 0.828. The first kappa shape index (κ1) is 10.7. The van der Waals surface area contributed by atoms with Crippen LogP contribution in [-0.2, 0) is 10.8 Å². The molecule has 0 fully saturated rings. The minimum atomic E-state index is -0.955. The number of hydrogen-bond donors (Lipinski definition) is 0. The second-order valence-corrected chi connectivity index (χ2v) is 6.14. The molecule has 1 unspecified atom stereocenters. The van der Waals surface area contributed by atoms with E-state index in [1.54, 1.807) is 6.20 Å². The van der Waals surface area contributed by atoms with E-state index in [0.29, 0.717) is 15.7 Å². The van der Waals surface area contributed by atoms with E-state index in [4.69, 9.17) is 0 Å². The Bertz CT molecular complexity index is 507. The van der Waals surface area contributed by atoms with Crippen molar-refractivity contribution in [2.24, 2.45) is 0 Å². The number of hydrogen-bond acceptors (Lipinski definition) is 4. The van der Waals surface area contributed by atoms with Crippen molar-refractivity contribution in [1.29, 1.82) is 0 Å². The van der Waals surface area contributed by atoms with Gasteiger partial charge in [-0.25, -0.2) is 9.97 Å². The first-order chi connectivity index (χ1) is 7.20. The van der Waals surface area contributed by atoms with Crippen molar-refractivity contribution in [3.8, 4) is 0 Å². The van der Waals surface area contributed by atoms with Crippen molar-refractivity contribution in [1.82, 2.24) is 9.97 Å². The Balaban J connectivity index is 2.42. The first-order valence-electron chi connectivity index (χ1n) is 4.82. The normalized spacial score (nSPS) is 13.2. The minimum absolute atomic E-state index is 0.679. The molecule has 2 rings (SSSR count). The van der Waals surface area contributed by atoms with Crippen molar-refractivity contribution >= 4 is 32.5 Å². The van der Waals surface area contributed by atoms with Gasteiger partial charge in [0.25, 0.3) is 0 Å². The molecule has 0 saturated carbocycles. The van der Waals surface area contributed by atoms with E-state index in [1.165, 1.54) is 11.3 Å². The van der Waals surface area contributed by atoms with Gasteiger partial charge in [-0.2, -0.15) is 0 Å². The Morgan fingerprint density at radius 2 is 2.33 bits per heavy atom. The van der Waals surface area contributed by atoms with Crippen LogP contribution in [0.2, 0.25) is 0 Å². The van der Waals surface area contributed by atoms with Crippen LogP contribution in [-0.4, -0.2) is 19.9 Å². The number of aromatic nitrogens is 2. The summed E-state index contributed by atoms with van der Waals surface area (Å²) in [6.45, 7) is 4.02. The molecule has 0 amide bonds. The Kier molecular flexibility index (Phi) is 3.11. The highest BCUT2D eigenvalue weighted by atomic mass is 32.2. The van der Waals surface area contributed by atoms with E-state index >= 15 is 0 Å². The molecule has 1 atom stereocenters. The monoisotopic (exact) mass is 240 g/mol. The van der Waals surface area contributed by atoms with Gasteiger partial charge in [0, 0.05) is 11.9 Å². The molecule has 15 heavy (non-hydrogen) atoms. The van der Waals surface area contributed by atoms with Gasteiger partial charge in [0.05, 0.1) is 15.5 Å². The van der Waals surface area contributed by atoms with Crippen LogP contribution < -0.4 is 0 Å². The number of rotatable bonds is 3. The Hall–Kier alpha value is -0.810. The van der Waals surface area contributed by atoms with Crippen LogP contribution in [0.15, 0.2) is 16.6 Å². The van der Waals surface area contributed by atoms with Gasteiger partial charge in [0.2, 0.25) is 0 Å². The average molecular weight is 240 g/mol. The highest BCUT2D eigenvalue weighted by molar-refractivity contribution is 7.87. The zero-order valence-electron chi connectivity index (χ0n) is 8.69. The maximum Gasteiger partial charge on any atom is 0.183 e. The molecule has 5 heteroatoms. The number of fused-ring (bicyclic) bond motifs is 1. The summed E-state index contributed by atoms with van der Waals surface area (Å²) in [5, 5.41) is 0. The summed E-state index contributed by atoms with van der Waals surface area (Å²) >= 11 is 1.49. The zero-order chi connectivity index (χ0) is 10.8. The number of pyridine rings is 1. The second-order valence-electron chi connectivity index (χ2n) is 3.36. The van der Waals surface area contributed by atoms with E-state index in [-0.39, 0.29) is 0 Å². The van der Waals surface area contributed by atoms with Gasteiger partial charge in [-0.15, -0.1) is 11.3 Å². The lowest BCUT2D eigenvalue weighted by Gasteiger charge is -1.91. The summed E-state index contributed by atoms with van der Waals surface area (Å²) in [5.41, 5.74) is 1.82. The molecule has 0 saturated heterocycles. The van der Waals surface area contributed by atoms with Gasteiger partial charge >= 0.3 is 0 Å². The van der Waals surface area contributed by atoms with Gasteiger partial charge in [-0.1, -0.05) is 6.92 Å². The van der Waals surface area contributed by atoms with Crippen LogP contribution in [0, 0.1) is 6.92 Å². The highest BCUT2D eigenvalue weighted by Crippen LogP contribution is 2.23. The topological polar surface area (TPSA) is 42.9 Å². The molecule has 0 aliphatic rings. The van der Waals surface area contributed by atoms with Crippen molar-refractivity contribution in [3.05, 3.63) is 17.8 Å². The largest absolute Gasteiger partial charge is 0.252 e. The maximum absolute atomic E-state index is 11.7. The fourth-order valence-corrected chi connectivity index (χ4v) is 3.65. The third kappa shape index (κ3) is 2.23. The van der Waals surface area contributed by atoms with Gasteiger partial charge in [-0.3, -0.25) is 4.21 Å². The second kappa shape index (κ2) is 4.37. The van der Waals surface area contributed by atoms with E-state index < -0.39 is 10.8 Å².